The van der Waals surface area contributed by atoms with Gasteiger partial charge < -0.3 is 14.2 Å². The summed E-state index contributed by atoms with van der Waals surface area (Å²) in [4.78, 5) is 13.1. The quantitative estimate of drug-likeness (QED) is 0.595. The Morgan fingerprint density at radius 1 is 1.14 bits per heavy atom. The van der Waals surface area contributed by atoms with E-state index in [4.69, 9.17) is 14.2 Å². The van der Waals surface area contributed by atoms with Gasteiger partial charge in [0.05, 0.1) is 26.4 Å². The standard InChI is InChI=1S/C24H34O4/c1-5-22(2)16-21(25)23(3,11-12-24(4)27-13-14-28-24)15-20(22)18-26-17-19-9-7-6-8-10-19/h5-10,20H,1,11-18H2,2-4H3/t20-,22+,23-/m0/s1. The van der Waals surface area contributed by atoms with E-state index in [0.29, 0.717) is 38.6 Å². The van der Waals surface area contributed by atoms with E-state index in [1.165, 1.54) is 5.56 Å². The Kier molecular flexibility index (Phi) is 6.43. The second-order valence-corrected chi connectivity index (χ2v) is 9.10. The van der Waals surface area contributed by atoms with E-state index in [9.17, 15) is 4.79 Å². The molecule has 2 aliphatic rings. The van der Waals surface area contributed by atoms with Crippen LogP contribution in [0.25, 0.3) is 0 Å². The summed E-state index contributed by atoms with van der Waals surface area (Å²) in [7, 11) is 0. The Balaban J connectivity index is 1.64. The lowest BCUT2D eigenvalue weighted by Crippen LogP contribution is -2.46. The minimum Gasteiger partial charge on any atom is -0.376 e. The number of ether oxygens (including phenoxy) is 3. The first-order chi connectivity index (χ1) is 13.3. The van der Waals surface area contributed by atoms with E-state index in [-0.39, 0.29) is 16.7 Å². The molecule has 0 amide bonds. The summed E-state index contributed by atoms with van der Waals surface area (Å²) >= 11 is 0. The Morgan fingerprint density at radius 2 is 1.82 bits per heavy atom. The number of ketones is 1. The van der Waals surface area contributed by atoms with Crippen LogP contribution < -0.4 is 0 Å². The molecule has 3 atom stereocenters. The Hall–Kier alpha value is -1.49. The van der Waals surface area contributed by atoms with E-state index in [0.717, 1.165) is 19.3 Å². The summed E-state index contributed by atoms with van der Waals surface area (Å²) in [6, 6.07) is 10.2. The van der Waals surface area contributed by atoms with Crippen LogP contribution in [0.2, 0.25) is 0 Å². The Labute approximate surface area is 169 Å². The number of hydrogen-bond acceptors (Lipinski definition) is 4. The van der Waals surface area contributed by atoms with Gasteiger partial charge in [0.1, 0.15) is 5.78 Å². The first kappa shape index (κ1) is 21.2. The molecule has 0 bridgehead atoms. The number of carbonyl (C=O) groups is 1. The van der Waals surface area contributed by atoms with Crippen molar-refractivity contribution in [2.24, 2.45) is 16.7 Å². The van der Waals surface area contributed by atoms with Gasteiger partial charge in [0.2, 0.25) is 0 Å². The first-order valence-electron chi connectivity index (χ1n) is 10.4. The van der Waals surface area contributed by atoms with Crippen molar-refractivity contribution in [3.8, 4) is 0 Å². The molecule has 0 radical (unpaired) electrons. The number of rotatable bonds is 8. The largest absolute Gasteiger partial charge is 0.376 e. The fraction of sp³-hybridized carbons (Fsp3) is 0.625. The summed E-state index contributed by atoms with van der Waals surface area (Å²) in [5.74, 6) is 0.0207. The number of hydrogen-bond donors (Lipinski definition) is 0. The molecule has 1 aliphatic heterocycles. The number of benzene rings is 1. The van der Waals surface area contributed by atoms with Crippen LogP contribution >= 0.6 is 0 Å². The molecule has 0 spiro atoms. The minimum absolute atomic E-state index is 0.225. The molecular formula is C24H34O4. The smallest absolute Gasteiger partial charge is 0.165 e. The van der Waals surface area contributed by atoms with Gasteiger partial charge in [-0.2, -0.15) is 0 Å². The molecule has 0 N–H and O–H groups in total. The number of carbonyl (C=O) groups excluding carboxylic acids is 1. The average molecular weight is 387 g/mol. The molecule has 0 aromatic heterocycles. The molecule has 1 heterocycles. The lowest BCUT2D eigenvalue weighted by molar-refractivity contribution is -0.158. The molecule has 1 aliphatic carbocycles. The summed E-state index contributed by atoms with van der Waals surface area (Å²) in [6.45, 7) is 12.7. The average Bonchev–Trinajstić information content (AvgIpc) is 3.12. The maximum absolute atomic E-state index is 13.1. The molecule has 1 saturated carbocycles. The van der Waals surface area contributed by atoms with Crippen molar-refractivity contribution < 1.29 is 19.0 Å². The fourth-order valence-electron chi connectivity index (χ4n) is 4.42. The van der Waals surface area contributed by atoms with Crippen molar-refractivity contribution in [3.63, 3.8) is 0 Å². The second kappa shape index (κ2) is 8.48. The lowest BCUT2D eigenvalue weighted by Gasteiger charge is -2.47. The molecule has 3 rings (SSSR count). The molecule has 0 unspecified atom stereocenters. The summed E-state index contributed by atoms with van der Waals surface area (Å²) < 4.78 is 17.6. The van der Waals surface area contributed by atoms with Crippen LogP contribution in [0.15, 0.2) is 43.0 Å². The maximum atomic E-state index is 13.1. The zero-order valence-corrected chi connectivity index (χ0v) is 17.5. The number of Topliss-reactive ketones (excluding diaryl/α,β-unsaturated/α-hetero) is 1. The van der Waals surface area contributed by atoms with E-state index in [1.54, 1.807) is 0 Å². The second-order valence-electron chi connectivity index (χ2n) is 9.10. The highest BCUT2D eigenvalue weighted by atomic mass is 16.7. The predicted octanol–water partition coefficient (Wildman–Crippen LogP) is 4.92. The predicted molar refractivity (Wildman–Crippen MR) is 110 cm³/mol. The van der Waals surface area contributed by atoms with Gasteiger partial charge in [0.25, 0.3) is 0 Å². The number of allylic oxidation sites excluding steroid dienone is 1. The Morgan fingerprint density at radius 3 is 2.46 bits per heavy atom. The molecule has 4 heteroatoms. The van der Waals surface area contributed by atoms with Gasteiger partial charge in [0.15, 0.2) is 5.79 Å². The van der Waals surface area contributed by atoms with Gasteiger partial charge in [-0.25, -0.2) is 0 Å². The third-order valence-corrected chi connectivity index (χ3v) is 6.77. The summed E-state index contributed by atoms with van der Waals surface area (Å²) in [6.07, 6.45) is 4.78. The summed E-state index contributed by atoms with van der Waals surface area (Å²) in [5.41, 5.74) is 0.569. The van der Waals surface area contributed by atoms with Crippen LogP contribution in [0.5, 0.6) is 0 Å². The summed E-state index contributed by atoms with van der Waals surface area (Å²) in [5, 5.41) is 0. The van der Waals surface area contributed by atoms with Crippen LogP contribution in [-0.4, -0.2) is 31.4 Å². The molecule has 154 valence electrons. The minimum atomic E-state index is -0.554. The van der Waals surface area contributed by atoms with Crippen molar-refractivity contribution in [2.45, 2.75) is 58.8 Å². The zero-order valence-electron chi connectivity index (χ0n) is 17.5. The van der Waals surface area contributed by atoms with Gasteiger partial charge in [0, 0.05) is 18.3 Å². The topological polar surface area (TPSA) is 44.8 Å². The molecule has 1 saturated heterocycles. The van der Waals surface area contributed by atoms with Crippen molar-refractivity contribution in [1.29, 1.82) is 0 Å². The SMILES string of the molecule is C=C[C@]1(C)CC(=O)[C@@](C)(CCC2(C)OCCO2)C[C@H]1COCc1ccccc1. The van der Waals surface area contributed by atoms with Crippen molar-refractivity contribution >= 4 is 5.78 Å². The van der Waals surface area contributed by atoms with Gasteiger partial charge in [-0.3, -0.25) is 4.79 Å². The monoisotopic (exact) mass is 386 g/mol. The molecule has 4 nitrogen and oxygen atoms in total. The van der Waals surface area contributed by atoms with E-state index < -0.39 is 5.79 Å². The zero-order chi connectivity index (χ0) is 20.3. The van der Waals surface area contributed by atoms with E-state index >= 15 is 0 Å². The molecule has 1 aromatic carbocycles. The third-order valence-electron chi connectivity index (χ3n) is 6.77. The van der Waals surface area contributed by atoms with Gasteiger partial charge in [-0.15, -0.1) is 6.58 Å². The molecule has 2 fully saturated rings. The van der Waals surface area contributed by atoms with Crippen molar-refractivity contribution in [3.05, 3.63) is 48.6 Å². The van der Waals surface area contributed by atoms with Crippen LogP contribution in [0, 0.1) is 16.7 Å². The lowest BCUT2D eigenvalue weighted by atomic mass is 9.57. The molecule has 1 aromatic rings. The van der Waals surface area contributed by atoms with Crippen molar-refractivity contribution in [2.75, 3.05) is 19.8 Å². The first-order valence-corrected chi connectivity index (χ1v) is 10.4. The van der Waals surface area contributed by atoms with Crippen LogP contribution in [0.4, 0.5) is 0 Å². The van der Waals surface area contributed by atoms with Crippen molar-refractivity contribution in [1.82, 2.24) is 0 Å². The molecular weight excluding hydrogens is 352 g/mol. The highest BCUT2D eigenvalue weighted by Gasteiger charge is 2.49. The normalized spacial score (nSPS) is 32.4. The van der Waals surface area contributed by atoms with Crippen LogP contribution in [0.3, 0.4) is 0 Å². The van der Waals surface area contributed by atoms with E-state index in [1.807, 2.05) is 31.2 Å². The van der Waals surface area contributed by atoms with Gasteiger partial charge >= 0.3 is 0 Å². The highest BCUT2D eigenvalue weighted by Crippen LogP contribution is 2.50. The van der Waals surface area contributed by atoms with Gasteiger partial charge in [-0.1, -0.05) is 50.3 Å². The fourth-order valence-corrected chi connectivity index (χ4v) is 4.42. The van der Waals surface area contributed by atoms with E-state index in [2.05, 4.69) is 32.6 Å². The highest BCUT2D eigenvalue weighted by molar-refractivity contribution is 5.86. The Bertz CT molecular complexity index is 679. The van der Waals surface area contributed by atoms with Crippen LogP contribution in [0.1, 0.15) is 52.0 Å². The molecule has 28 heavy (non-hydrogen) atoms. The van der Waals surface area contributed by atoms with Gasteiger partial charge in [-0.05, 0) is 36.7 Å². The third kappa shape index (κ3) is 4.73. The van der Waals surface area contributed by atoms with Crippen LogP contribution in [-0.2, 0) is 25.6 Å². The maximum Gasteiger partial charge on any atom is 0.165 e.